The fourth-order valence-corrected chi connectivity index (χ4v) is 2.21. The van der Waals surface area contributed by atoms with Crippen LogP contribution in [-0.2, 0) is 0 Å². The van der Waals surface area contributed by atoms with Crippen LogP contribution in [0.2, 0.25) is 0 Å². The summed E-state index contributed by atoms with van der Waals surface area (Å²) in [5, 5.41) is 9.34. The predicted molar refractivity (Wildman–Crippen MR) is 71.9 cm³/mol. The van der Waals surface area contributed by atoms with E-state index in [-0.39, 0.29) is 5.75 Å². The highest BCUT2D eigenvalue weighted by molar-refractivity contribution is 5.84. The minimum atomic E-state index is 0.288. The van der Waals surface area contributed by atoms with Gasteiger partial charge in [-0.3, -0.25) is 0 Å². The summed E-state index contributed by atoms with van der Waals surface area (Å²) in [5.74, 6) is 1.22. The van der Waals surface area contributed by atoms with E-state index in [1.54, 1.807) is 12.1 Å². The van der Waals surface area contributed by atoms with Crippen molar-refractivity contribution in [1.29, 1.82) is 0 Å². The molecule has 0 fully saturated rings. The first-order valence-corrected chi connectivity index (χ1v) is 5.97. The molecule has 2 heteroatoms. The summed E-state index contributed by atoms with van der Waals surface area (Å²) in [6, 6.07) is 13.5. The number of phenols is 1. The van der Waals surface area contributed by atoms with Gasteiger partial charge in [0.2, 0.25) is 0 Å². The standard InChI is InChI=1S/C16H14O2/c1-11-2-7-15-14(8-9-18-16(15)10-11)12-3-5-13(17)6-4-12/h2-8,10,17H,9H2,1H3. The highest BCUT2D eigenvalue weighted by Gasteiger charge is 2.15. The lowest BCUT2D eigenvalue weighted by Crippen LogP contribution is -2.05. The van der Waals surface area contributed by atoms with E-state index >= 15 is 0 Å². The highest BCUT2D eigenvalue weighted by atomic mass is 16.5. The summed E-state index contributed by atoms with van der Waals surface area (Å²) in [6.45, 7) is 2.65. The number of hydrogen-bond donors (Lipinski definition) is 1. The Labute approximate surface area is 106 Å². The molecule has 18 heavy (non-hydrogen) atoms. The largest absolute Gasteiger partial charge is 0.508 e. The zero-order valence-electron chi connectivity index (χ0n) is 10.2. The average molecular weight is 238 g/mol. The van der Waals surface area contributed by atoms with Gasteiger partial charge in [0.1, 0.15) is 18.1 Å². The molecule has 0 aromatic heterocycles. The van der Waals surface area contributed by atoms with Gasteiger partial charge in [0.15, 0.2) is 0 Å². The second-order valence-electron chi connectivity index (χ2n) is 4.48. The van der Waals surface area contributed by atoms with Crippen LogP contribution in [0.25, 0.3) is 5.57 Å². The second-order valence-corrected chi connectivity index (χ2v) is 4.48. The number of aromatic hydroxyl groups is 1. The summed E-state index contributed by atoms with van der Waals surface area (Å²) in [7, 11) is 0. The molecule has 0 saturated carbocycles. The van der Waals surface area contributed by atoms with E-state index in [4.69, 9.17) is 4.74 Å². The molecule has 0 atom stereocenters. The van der Waals surface area contributed by atoms with Gasteiger partial charge in [-0.05, 0) is 47.9 Å². The van der Waals surface area contributed by atoms with E-state index in [0.29, 0.717) is 6.61 Å². The minimum absolute atomic E-state index is 0.288. The molecular formula is C16H14O2. The number of benzene rings is 2. The lowest BCUT2D eigenvalue weighted by atomic mass is 9.94. The van der Waals surface area contributed by atoms with E-state index in [2.05, 4.69) is 31.2 Å². The maximum Gasteiger partial charge on any atom is 0.127 e. The molecule has 0 spiro atoms. The van der Waals surface area contributed by atoms with Crippen molar-refractivity contribution in [3.8, 4) is 11.5 Å². The molecule has 1 aliphatic heterocycles. The van der Waals surface area contributed by atoms with Crippen LogP contribution in [0.15, 0.2) is 48.5 Å². The minimum Gasteiger partial charge on any atom is -0.508 e. The van der Waals surface area contributed by atoms with Crippen molar-refractivity contribution in [3.63, 3.8) is 0 Å². The van der Waals surface area contributed by atoms with E-state index < -0.39 is 0 Å². The number of ether oxygens (including phenoxy) is 1. The summed E-state index contributed by atoms with van der Waals surface area (Å²) in [5.41, 5.74) is 4.57. The lowest BCUT2D eigenvalue weighted by Gasteiger charge is -2.19. The number of aryl methyl sites for hydroxylation is 1. The van der Waals surface area contributed by atoms with Crippen LogP contribution in [0.5, 0.6) is 11.5 Å². The second kappa shape index (κ2) is 4.22. The maximum atomic E-state index is 9.34. The van der Waals surface area contributed by atoms with Crippen molar-refractivity contribution in [3.05, 3.63) is 65.2 Å². The van der Waals surface area contributed by atoms with Gasteiger partial charge in [-0.15, -0.1) is 0 Å². The first-order valence-electron chi connectivity index (χ1n) is 5.97. The first-order chi connectivity index (χ1) is 8.74. The predicted octanol–water partition coefficient (Wildman–Crippen LogP) is 3.52. The lowest BCUT2D eigenvalue weighted by molar-refractivity contribution is 0.357. The summed E-state index contributed by atoms with van der Waals surface area (Å²) in [4.78, 5) is 0. The van der Waals surface area contributed by atoms with Crippen molar-refractivity contribution in [2.45, 2.75) is 6.92 Å². The van der Waals surface area contributed by atoms with Crippen LogP contribution in [0.3, 0.4) is 0 Å². The molecule has 1 heterocycles. The van der Waals surface area contributed by atoms with Crippen molar-refractivity contribution >= 4 is 5.57 Å². The van der Waals surface area contributed by atoms with E-state index in [1.165, 1.54) is 5.56 Å². The third-order valence-corrected chi connectivity index (χ3v) is 3.13. The fourth-order valence-electron chi connectivity index (χ4n) is 2.21. The SMILES string of the molecule is Cc1ccc2c(c1)OCC=C2c1ccc(O)cc1. The van der Waals surface area contributed by atoms with Crippen LogP contribution in [0.4, 0.5) is 0 Å². The Balaban J connectivity index is 2.09. The summed E-state index contributed by atoms with van der Waals surface area (Å²) >= 11 is 0. The van der Waals surface area contributed by atoms with Crippen LogP contribution < -0.4 is 4.74 Å². The van der Waals surface area contributed by atoms with Gasteiger partial charge in [0, 0.05) is 5.56 Å². The smallest absolute Gasteiger partial charge is 0.127 e. The molecule has 3 rings (SSSR count). The van der Waals surface area contributed by atoms with E-state index in [9.17, 15) is 5.11 Å². The zero-order valence-corrected chi connectivity index (χ0v) is 10.2. The summed E-state index contributed by atoms with van der Waals surface area (Å²) in [6.07, 6.45) is 2.07. The Morgan fingerprint density at radius 3 is 2.61 bits per heavy atom. The van der Waals surface area contributed by atoms with Crippen LogP contribution >= 0.6 is 0 Å². The van der Waals surface area contributed by atoms with Gasteiger partial charge in [-0.2, -0.15) is 0 Å². The fraction of sp³-hybridized carbons (Fsp3) is 0.125. The number of fused-ring (bicyclic) bond motifs is 1. The molecule has 2 nitrogen and oxygen atoms in total. The molecule has 90 valence electrons. The van der Waals surface area contributed by atoms with Gasteiger partial charge in [0.05, 0.1) is 0 Å². The van der Waals surface area contributed by atoms with E-state index in [1.807, 2.05) is 12.1 Å². The highest BCUT2D eigenvalue weighted by Crippen LogP contribution is 2.35. The van der Waals surface area contributed by atoms with Crippen molar-refractivity contribution in [1.82, 2.24) is 0 Å². The molecule has 0 bridgehead atoms. The third kappa shape index (κ3) is 1.86. The van der Waals surface area contributed by atoms with Gasteiger partial charge >= 0.3 is 0 Å². The molecule has 0 amide bonds. The quantitative estimate of drug-likeness (QED) is 0.823. The van der Waals surface area contributed by atoms with Crippen LogP contribution in [-0.4, -0.2) is 11.7 Å². The molecular weight excluding hydrogens is 224 g/mol. The number of rotatable bonds is 1. The molecule has 1 aliphatic rings. The molecule has 0 radical (unpaired) electrons. The molecule has 0 saturated heterocycles. The molecule has 1 N–H and O–H groups in total. The van der Waals surface area contributed by atoms with Gasteiger partial charge < -0.3 is 9.84 Å². The maximum absolute atomic E-state index is 9.34. The Morgan fingerprint density at radius 1 is 1.06 bits per heavy atom. The van der Waals surface area contributed by atoms with Crippen molar-refractivity contribution < 1.29 is 9.84 Å². The molecule has 2 aromatic carbocycles. The van der Waals surface area contributed by atoms with Gasteiger partial charge in [-0.1, -0.05) is 24.3 Å². The topological polar surface area (TPSA) is 29.5 Å². The normalized spacial score (nSPS) is 13.5. The van der Waals surface area contributed by atoms with Crippen molar-refractivity contribution in [2.24, 2.45) is 0 Å². The van der Waals surface area contributed by atoms with Crippen LogP contribution in [0, 0.1) is 6.92 Å². The average Bonchev–Trinajstić information content (AvgIpc) is 2.38. The summed E-state index contributed by atoms with van der Waals surface area (Å²) < 4.78 is 5.65. The van der Waals surface area contributed by atoms with E-state index in [0.717, 1.165) is 22.4 Å². The van der Waals surface area contributed by atoms with Gasteiger partial charge in [0.25, 0.3) is 0 Å². The molecule has 0 aliphatic carbocycles. The Kier molecular flexibility index (Phi) is 2.56. The molecule has 2 aromatic rings. The Morgan fingerprint density at radius 2 is 1.83 bits per heavy atom. The van der Waals surface area contributed by atoms with Crippen LogP contribution in [0.1, 0.15) is 16.7 Å². The number of phenolic OH excluding ortho intramolecular Hbond substituents is 1. The Bertz CT molecular complexity index is 609. The number of hydrogen-bond acceptors (Lipinski definition) is 2. The third-order valence-electron chi connectivity index (χ3n) is 3.13. The first kappa shape index (κ1) is 10.9. The monoisotopic (exact) mass is 238 g/mol. The van der Waals surface area contributed by atoms with Gasteiger partial charge in [-0.25, -0.2) is 0 Å². The zero-order chi connectivity index (χ0) is 12.5. The van der Waals surface area contributed by atoms with Crippen molar-refractivity contribution in [2.75, 3.05) is 6.61 Å². The molecule has 0 unspecified atom stereocenters. The Hall–Kier alpha value is -2.22.